The van der Waals surface area contributed by atoms with Crippen LogP contribution in [-0.2, 0) is 6.18 Å². The first-order chi connectivity index (χ1) is 12.6. The molecule has 2 rings (SSSR count). The minimum Gasteiger partial charge on any atom is -0.494 e. The van der Waals surface area contributed by atoms with Crippen LogP contribution >= 0.6 is 0 Å². The van der Waals surface area contributed by atoms with Gasteiger partial charge in [-0.05, 0) is 44.3 Å². The van der Waals surface area contributed by atoms with Crippen molar-refractivity contribution in [2.24, 2.45) is 5.73 Å². The molecule has 0 aliphatic heterocycles. The van der Waals surface area contributed by atoms with Gasteiger partial charge in [0.1, 0.15) is 17.0 Å². The smallest absolute Gasteiger partial charge is 0.431 e. The van der Waals surface area contributed by atoms with E-state index in [1.165, 1.54) is 24.3 Å². The number of aromatic amines is 1. The zero-order valence-corrected chi connectivity index (χ0v) is 14.9. The second-order valence-electron chi connectivity index (χ2n) is 6.19. The number of rotatable bonds is 7. The summed E-state index contributed by atoms with van der Waals surface area (Å²) in [5, 5.41) is 0. The number of H-pyrrole nitrogens is 1. The number of nitrogens with zero attached hydrogens (tertiary/aromatic N) is 1. The van der Waals surface area contributed by atoms with Crippen molar-refractivity contribution in [1.82, 2.24) is 9.88 Å². The van der Waals surface area contributed by atoms with Crippen molar-refractivity contribution in [3.05, 3.63) is 51.9 Å². The predicted octanol–water partition coefficient (Wildman–Crippen LogP) is 2.49. The van der Waals surface area contributed by atoms with Crippen LogP contribution in [0.15, 0.2) is 35.1 Å². The van der Waals surface area contributed by atoms with Crippen LogP contribution < -0.4 is 16.0 Å². The third-order valence-electron chi connectivity index (χ3n) is 3.77. The van der Waals surface area contributed by atoms with Gasteiger partial charge in [-0.1, -0.05) is 12.1 Å². The molecular formula is C18H20F3N3O3. The van der Waals surface area contributed by atoms with Crippen LogP contribution in [0.4, 0.5) is 13.2 Å². The summed E-state index contributed by atoms with van der Waals surface area (Å²) in [7, 11) is 3.88. The molecule has 146 valence electrons. The quantitative estimate of drug-likeness (QED) is 0.719. The van der Waals surface area contributed by atoms with Crippen molar-refractivity contribution < 1.29 is 22.7 Å². The first-order valence-corrected chi connectivity index (χ1v) is 8.12. The third-order valence-corrected chi connectivity index (χ3v) is 3.77. The maximum absolute atomic E-state index is 13.3. The van der Waals surface area contributed by atoms with Gasteiger partial charge < -0.3 is 20.4 Å². The van der Waals surface area contributed by atoms with Crippen molar-refractivity contribution in [2.75, 3.05) is 27.2 Å². The lowest BCUT2D eigenvalue weighted by atomic mass is 10.0. The van der Waals surface area contributed by atoms with Gasteiger partial charge in [0.25, 0.3) is 11.5 Å². The number of aromatic nitrogens is 1. The molecule has 6 nitrogen and oxygen atoms in total. The Bertz CT molecular complexity index is 859. The molecule has 1 heterocycles. The predicted molar refractivity (Wildman–Crippen MR) is 94.7 cm³/mol. The lowest BCUT2D eigenvalue weighted by molar-refractivity contribution is -0.140. The fraction of sp³-hybridized carbons (Fsp3) is 0.333. The Morgan fingerprint density at radius 3 is 2.37 bits per heavy atom. The Morgan fingerprint density at radius 1 is 1.22 bits per heavy atom. The minimum absolute atomic E-state index is 0.168. The molecule has 1 amide bonds. The molecule has 0 saturated carbocycles. The molecule has 0 unspecified atom stereocenters. The fourth-order valence-corrected chi connectivity index (χ4v) is 2.47. The van der Waals surface area contributed by atoms with Gasteiger partial charge in [-0.25, -0.2) is 0 Å². The van der Waals surface area contributed by atoms with Crippen LogP contribution in [0.5, 0.6) is 5.75 Å². The second-order valence-corrected chi connectivity index (χ2v) is 6.19. The lowest BCUT2D eigenvalue weighted by Crippen LogP contribution is -2.27. The number of primary amides is 1. The Balaban J connectivity index is 2.32. The number of benzene rings is 1. The number of carbonyl (C=O) groups excluding carboxylic acids is 1. The number of pyridine rings is 1. The Hall–Kier alpha value is -2.81. The lowest BCUT2D eigenvalue weighted by Gasteiger charge is -2.14. The van der Waals surface area contributed by atoms with Crippen LogP contribution in [-0.4, -0.2) is 43.0 Å². The summed E-state index contributed by atoms with van der Waals surface area (Å²) in [5.41, 5.74) is 1.94. The molecule has 0 atom stereocenters. The standard InChI is InChI=1S/C18H20F3N3O3/c1-24(2)8-3-9-27-12-6-4-11(5-7-12)13-10-14(16(22)25)17(26)23-15(13)18(19,20)21/h4-7,10H,3,8-9H2,1-2H3,(H2,22,25)(H,23,26). The molecule has 2 aromatic rings. The maximum Gasteiger partial charge on any atom is 0.431 e. The highest BCUT2D eigenvalue weighted by atomic mass is 19.4. The van der Waals surface area contributed by atoms with Gasteiger partial charge in [-0.3, -0.25) is 9.59 Å². The molecule has 0 spiro atoms. The Kier molecular flexibility index (Phi) is 6.27. The molecule has 1 aromatic heterocycles. The summed E-state index contributed by atoms with van der Waals surface area (Å²) >= 11 is 0. The molecule has 0 radical (unpaired) electrons. The molecular weight excluding hydrogens is 363 g/mol. The van der Waals surface area contributed by atoms with E-state index in [9.17, 15) is 22.8 Å². The highest BCUT2D eigenvalue weighted by Gasteiger charge is 2.36. The van der Waals surface area contributed by atoms with Gasteiger partial charge in [0, 0.05) is 12.1 Å². The van der Waals surface area contributed by atoms with Crippen molar-refractivity contribution >= 4 is 5.91 Å². The number of amides is 1. The van der Waals surface area contributed by atoms with Gasteiger partial charge >= 0.3 is 6.18 Å². The van der Waals surface area contributed by atoms with Gasteiger partial charge in [-0.15, -0.1) is 0 Å². The molecule has 0 aliphatic rings. The number of halogens is 3. The van der Waals surface area contributed by atoms with Crippen LogP contribution in [0.1, 0.15) is 22.5 Å². The summed E-state index contributed by atoms with van der Waals surface area (Å²) < 4.78 is 45.4. The van der Waals surface area contributed by atoms with Gasteiger partial charge in [0.05, 0.1) is 6.61 Å². The van der Waals surface area contributed by atoms with Gasteiger partial charge in [0.2, 0.25) is 0 Å². The normalized spacial score (nSPS) is 11.6. The maximum atomic E-state index is 13.3. The fourth-order valence-electron chi connectivity index (χ4n) is 2.47. The highest BCUT2D eigenvalue weighted by molar-refractivity contribution is 5.93. The van der Waals surface area contributed by atoms with Crippen LogP contribution in [0.25, 0.3) is 11.1 Å². The SMILES string of the molecule is CN(C)CCCOc1ccc(-c2cc(C(N)=O)c(=O)[nH]c2C(F)(F)F)cc1. The summed E-state index contributed by atoms with van der Waals surface area (Å²) in [6, 6.07) is 6.77. The zero-order valence-electron chi connectivity index (χ0n) is 14.9. The van der Waals surface area contributed by atoms with E-state index >= 15 is 0 Å². The molecule has 0 aliphatic carbocycles. The van der Waals surface area contributed by atoms with Crippen molar-refractivity contribution in [2.45, 2.75) is 12.6 Å². The van der Waals surface area contributed by atoms with Crippen LogP contribution in [0.3, 0.4) is 0 Å². The van der Waals surface area contributed by atoms with E-state index in [2.05, 4.69) is 0 Å². The largest absolute Gasteiger partial charge is 0.494 e. The van der Waals surface area contributed by atoms with E-state index in [-0.39, 0.29) is 11.1 Å². The zero-order chi connectivity index (χ0) is 20.2. The number of nitrogens with two attached hydrogens (primary N) is 1. The molecule has 0 fully saturated rings. The molecule has 3 N–H and O–H groups in total. The van der Waals surface area contributed by atoms with E-state index in [4.69, 9.17) is 10.5 Å². The molecule has 1 aromatic carbocycles. The molecule has 27 heavy (non-hydrogen) atoms. The molecule has 0 bridgehead atoms. The van der Waals surface area contributed by atoms with Crippen molar-refractivity contribution in [3.8, 4) is 16.9 Å². The Labute approximate surface area is 153 Å². The van der Waals surface area contributed by atoms with Crippen molar-refractivity contribution in [3.63, 3.8) is 0 Å². The number of hydrogen-bond donors (Lipinski definition) is 2. The molecule has 9 heteroatoms. The Morgan fingerprint density at radius 2 is 1.85 bits per heavy atom. The topological polar surface area (TPSA) is 88.4 Å². The highest BCUT2D eigenvalue weighted by Crippen LogP contribution is 2.35. The average Bonchev–Trinajstić information content (AvgIpc) is 2.58. The first kappa shape index (κ1) is 20.5. The number of ether oxygens (including phenoxy) is 1. The third kappa shape index (κ3) is 5.33. The number of carbonyl (C=O) groups is 1. The van der Waals surface area contributed by atoms with Crippen molar-refractivity contribution in [1.29, 1.82) is 0 Å². The van der Waals surface area contributed by atoms with E-state index in [0.717, 1.165) is 19.0 Å². The van der Waals surface area contributed by atoms with Gasteiger partial charge in [-0.2, -0.15) is 13.2 Å². The first-order valence-electron chi connectivity index (χ1n) is 8.12. The summed E-state index contributed by atoms with van der Waals surface area (Å²) in [4.78, 5) is 26.7. The monoisotopic (exact) mass is 383 g/mol. The number of alkyl halides is 3. The van der Waals surface area contributed by atoms with E-state index in [1.807, 2.05) is 19.0 Å². The molecule has 0 saturated heterocycles. The van der Waals surface area contributed by atoms with Crippen LogP contribution in [0.2, 0.25) is 0 Å². The number of nitrogens with one attached hydrogen (secondary N) is 1. The van der Waals surface area contributed by atoms with Gasteiger partial charge in [0.15, 0.2) is 0 Å². The van der Waals surface area contributed by atoms with E-state index < -0.39 is 28.9 Å². The average molecular weight is 383 g/mol. The van der Waals surface area contributed by atoms with E-state index in [1.54, 1.807) is 4.98 Å². The summed E-state index contributed by atoms with van der Waals surface area (Å²) in [6.07, 6.45) is -4.00. The van der Waals surface area contributed by atoms with Crippen LogP contribution in [0, 0.1) is 0 Å². The summed E-state index contributed by atoms with van der Waals surface area (Å²) in [5.74, 6) is -0.599. The van der Waals surface area contributed by atoms with E-state index in [0.29, 0.717) is 12.4 Å². The number of hydrogen-bond acceptors (Lipinski definition) is 4. The second kappa shape index (κ2) is 8.26. The minimum atomic E-state index is -4.80. The summed E-state index contributed by atoms with van der Waals surface area (Å²) in [6.45, 7) is 1.32.